The van der Waals surface area contributed by atoms with Crippen molar-refractivity contribution in [2.75, 3.05) is 26.0 Å². The number of carbonyl (C=O) groups is 1. The molecule has 3 heterocycles. The first kappa shape index (κ1) is 20.1. The number of thiazole rings is 1. The molecule has 1 N–H and O–H groups in total. The fourth-order valence-corrected chi connectivity index (χ4v) is 5.42. The van der Waals surface area contributed by atoms with E-state index in [1.807, 2.05) is 12.1 Å². The van der Waals surface area contributed by atoms with Gasteiger partial charge in [-0.3, -0.25) is 10.1 Å². The second-order valence-corrected chi connectivity index (χ2v) is 10.3. The average molecular weight is 439 g/mol. The number of nitrogens with one attached hydrogen (secondary N) is 1. The summed E-state index contributed by atoms with van der Waals surface area (Å²) < 4.78 is 38.9. The summed E-state index contributed by atoms with van der Waals surface area (Å²) in [6.07, 6.45) is -0.765. The largest absolute Gasteiger partial charge is 0.482 e. The van der Waals surface area contributed by atoms with Gasteiger partial charge in [0, 0.05) is 31.9 Å². The van der Waals surface area contributed by atoms with Crippen molar-refractivity contribution in [2.24, 2.45) is 0 Å². The zero-order valence-corrected chi connectivity index (χ0v) is 17.9. The average Bonchev–Trinajstić information content (AvgIpc) is 3.08. The highest BCUT2D eigenvalue weighted by molar-refractivity contribution is 7.86. The zero-order valence-electron chi connectivity index (χ0n) is 16.3. The fourth-order valence-electron chi connectivity index (χ4n) is 3.24. The summed E-state index contributed by atoms with van der Waals surface area (Å²) >= 11 is 1.28. The van der Waals surface area contributed by atoms with Crippen molar-refractivity contribution in [1.29, 1.82) is 0 Å². The number of para-hydroxylation sites is 2. The third kappa shape index (κ3) is 3.82. The van der Waals surface area contributed by atoms with Crippen molar-refractivity contribution < 1.29 is 22.7 Å². The smallest absolute Gasteiger partial charge is 0.281 e. The lowest BCUT2D eigenvalue weighted by Crippen LogP contribution is -2.46. The molecule has 1 amide bonds. The van der Waals surface area contributed by atoms with E-state index in [2.05, 4.69) is 10.3 Å². The maximum atomic E-state index is 12.8. The van der Waals surface area contributed by atoms with E-state index >= 15 is 0 Å². The molecule has 11 heteroatoms. The highest BCUT2D eigenvalue weighted by Crippen LogP contribution is 2.34. The molecule has 156 valence electrons. The van der Waals surface area contributed by atoms with Gasteiger partial charge < -0.3 is 9.47 Å². The van der Waals surface area contributed by atoms with Crippen LogP contribution >= 0.6 is 11.3 Å². The highest BCUT2D eigenvalue weighted by atomic mass is 32.2. The molecule has 1 aromatic heterocycles. The van der Waals surface area contributed by atoms with Crippen LogP contribution in [0, 0.1) is 0 Å². The van der Waals surface area contributed by atoms with Gasteiger partial charge in [0.15, 0.2) is 16.6 Å². The van der Waals surface area contributed by atoms with Crippen LogP contribution in [0.2, 0.25) is 0 Å². The number of anilines is 1. The Labute approximate surface area is 173 Å². The van der Waals surface area contributed by atoms with Crippen molar-refractivity contribution in [3.63, 3.8) is 0 Å². The molecular formula is C18H22N4O5S2. The Kier molecular flexibility index (Phi) is 5.23. The number of hydrogen-bond acceptors (Lipinski definition) is 7. The lowest BCUT2D eigenvalue weighted by Gasteiger charge is -2.30. The summed E-state index contributed by atoms with van der Waals surface area (Å²) in [5.74, 6) is 0.778. The topological polar surface area (TPSA) is 101 Å². The lowest BCUT2D eigenvalue weighted by molar-refractivity contribution is -0.128. The first-order valence-electron chi connectivity index (χ1n) is 9.15. The molecule has 2 atom stereocenters. The first-order chi connectivity index (χ1) is 13.8. The van der Waals surface area contributed by atoms with E-state index in [9.17, 15) is 13.2 Å². The maximum absolute atomic E-state index is 12.8. The number of rotatable bonds is 4. The third-order valence-corrected chi connectivity index (χ3v) is 7.70. The van der Waals surface area contributed by atoms with Crippen molar-refractivity contribution in [1.82, 2.24) is 13.6 Å². The molecule has 1 aromatic carbocycles. The van der Waals surface area contributed by atoms with E-state index in [1.165, 1.54) is 34.0 Å². The van der Waals surface area contributed by atoms with Gasteiger partial charge in [-0.15, -0.1) is 11.3 Å². The van der Waals surface area contributed by atoms with Gasteiger partial charge in [-0.25, -0.2) is 4.98 Å². The van der Waals surface area contributed by atoms with E-state index in [0.717, 1.165) is 10.6 Å². The van der Waals surface area contributed by atoms with Crippen molar-refractivity contribution in [3.05, 3.63) is 34.8 Å². The molecule has 0 fully saturated rings. The van der Waals surface area contributed by atoms with Gasteiger partial charge in [0.1, 0.15) is 6.10 Å². The normalized spacial score (nSPS) is 21.7. The molecule has 0 aliphatic carbocycles. The van der Waals surface area contributed by atoms with Gasteiger partial charge >= 0.3 is 0 Å². The number of amides is 1. The van der Waals surface area contributed by atoms with Crippen LogP contribution in [-0.4, -0.2) is 60.8 Å². The Balaban J connectivity index is 1.47. The van der Waals surface area contributed by atoms with Gasteiger partial charge in [0.05, 0.1) is 12.2 Å². The molecule has 9 nitrogen and oxygen atoms in total. The van der Waals surface area contributed by atoms with E-state index in [1.54, 1.807) is 19.1 Å². The third-order valence-electron chi connectivity index (χ3n) is 4.81. The molecule has 0 radical (unpaired) electrons. The van der Waals surface area contributed by atoms with Crippen LogP contribution in [-0.2, 0) is 28.0 Å². The highest BCUT2D eigenvalue weighted by Gasteiger charge is 2.35. The molecule has 2 aliphatic rings. The van der Waals surface area contributed by atoms with Crippen LogP contribution in [0.4, 0.5) is 5.13 Å². The Bertz CT molecular complexity index is 1040. The fraction of sp³-hybridized carbons (Fsp3) is 0.444. The molecule has 2 unspecified atom stereocenters. The number of fused-ring (bicyclic) bond motifs is 2. The standard InChI is InChI=1S/C18H22N4O5S2/c1-11-16(27-14-7-5-4-6-13(14)26-11)17(23)20-18-19-12-8-9-22(10-15(12)28-18)29(24,25)21(2)3/h4-7,11,16H,8-10H2,1-3H3,(H,19,20,23). The Morgan fingerprint density at radius 3 is 2.66 bits per heavy atom. The molecule has 0 bridgehead atoms. The van der Waals surface area contributed by atoms with E-state index in [0.29, 0.717) is 29.6 Å². The van der Waals surface area contributed by atoms with Gasteiger partial charge in [0.2, 0.25) is 6.10 Å². The number of ether oxygens (including phenoxy) is 2. The minimum Gasteiger partial charge on any atom is -0.482 e. The van der Waals surface area contributed by atoms with Crippen LogP contribution in [0.1, 0.15) is 17.5 Å². The van der Waals surface area contributed by atoms with Gasteiger partial charge in [0.25, 0.3) is 16.1 Å². The monoisotopic (exact) mass is 438 g/mol. The second kappa shape index (κ2) is 7.56. The number of aromatic nitrogens is 1. The number of hydrogen-bond donors (Lipinski definition) is 1. The summed E-state index contributed by atoms with van der Waals surface area (Å²) in [4.78, 5) is 18.1. The molecule has 2 aromatic rings. The molecule has 0 spiro atoms. The lowest BCUT2D eigenvalue weighted by atomic mass is 10.1. The van der Waals surface area contributed by atoms with Gasteiger partial charge in [-0.2, -0.15) is 17.0 Å². The molecule has 2 aliphatic heterocycles. The first-order valence-corrected chi connectivity index (χ1v) is 11.4. The summed E-state index contributed by atoms with van der Waals surface area (Å²) in [5.41, 5.74) is 0.815. The summed E-state index contributed by atoms with van der Waals surface area (Å²) in [7, 11) is -0.470. The van der Waals surface area contributed by atoms with Crippen LogP contribution < -0.4 is 14.8 Å². The molecular weight excluding hydrogens is 416 g/mol. The van der Waals surface area contributed by atoms with Crippen LogP contribution in [0.5, 0.6) is 11.5 Å². The predicted molar refractivity (Wildman–Crippen MR) is 108 cm³/mol. The van der Waals surface area contributed by atoms with Crippen LogP contribution in [0.25, 0.3) is 0 Å². The second-order valence-electron chi connectivity index (χ2n) is 7.06. The van der Waals surface area contributed by atoms with Gasteiger partial charge in [-0.1, -0.05) is 12.1 Å². The molecule has 0 saturated carbocycles. The SMILES string of the molecule is CC1Oc2ccccc2OC1C(=O)Nc1nc2c(s1)CN(S(=O)(=O)N(C)C)CC2. The van der Waals surface area contributed by atoms with Crippen molar-refractivity contribution >= 4 is 32.6 Å². The molecule has 4 rings (SSSR count). The van der Waals surface area contributed by atoms with E-state index in [-0.39, 0.29) is 12.5 Å². The van der Waals surface area contributed by atoms with Crippen LogP contribution in [0.3, 0.4) is 0 Å². The quantitative estimate of drug-likeness (QED) is 0.776. The predicted octanol–water partition coefficient (Wildman–Crippen LogP) is 1.47. The number of carbonyl (C=O) groups excluding carboxylic acids is 1. The van der Waals surface area contributed by atoms with Gasteiger partial charge in [-0.05, 0) is 19.1 Å². The molecule has 0 saturated heterocycles. The Hall–Kier alpha value is -2.21. The van der Waals surface area contributed by atoms with E-state index < -0.39 is 22.4 Å². The summed E-state index contributed by atoms with van der Waals surface area (Å²) in [6, 6.07) is 7.20. The Morgan fingerprint density at radius 1 is 1.28 bits per heavy atom. The molecule has 29 heavy (non-hydrogen) atoms. The number of benzene rings is 1. The summed E-state index contributed by atoms with van der Waals surface area (Å²) in [5, 5.41) is 3.22. The Morgan fingerprint density at radius 2 is 1.97 bits per heavy atom. The minimum absolute atomic E-state index is 0.246. The van der Waals surface area contributed by atoms with Crippen molar-refractivity contribution in [3.8, 4) is 11.5 Å². The summed E-state index contributed by atoms with van der Waals surface area (Å²) in [6.45, 7) is 2.38. The van der Waals surface area contributed by atoms with Crippen LogP contribution in [0.15, 0.2) is 24.3 Å². The zero-order chi connectivity index (χ0) is 20.8. The number of nitrogens with zero attached hydrogens (tertiary/aromatic N) is 3. The van der Waals surface area contributed by atoms with Crippen molar-refractivity contribution in [2.45, 2.75) is 32.1 Å². The van der Waals surface area contributed by atoms with E-state index in [4.69, 9.17) is 9.47 Å². The minimum atomic E-state index is -3.49. The maximum Gasteiger partial charge on any atom is 0.281 e.